The largest absolute Gasteiger partial charge is 0.493 e. The molecule has 2 unspecified atom stereocenters. The molecule has 5 rings (SSSR count). The van der Waals surface area contributed by atoms with Crippen LogP contribution in [0, 0.1) is 12.8 Å². The van der Waals surface area contributed by atoms with Gasteiger partial charge in [-0.15, -0.1) is 0 Å². The number of hydrogen-bond donors (Lipinski definition) is 2. The number of nitrogens with zero attached hydrogens (tertiary/aromatic N) is 3. The Labute approximate surface area is 294 Å². The van der Waals surface area contributed by atoms with Crippen molar-refractivity contribution in [3.8, 4) is 11.5 Å². The predicted octanol–water partition coefficient (Wildman–Crippen LogP) is 3.98. The summed E-state index contributed by atoms with van der Waals surface area (Å²) < 4.78 is 38.2. The van der Waals surface area contributed by atoms with Crippen LogP contribution < -0.4 is 24.4 Å². The summed E-state index contributed by atoms with van der Waals surface area (Å²) in [5.41, 5.74) is 1.84. The van der Waals surface area contributed by atoms with E-state index in [9.17, 15) is 22.8 Å². The van der Waals surface area contributed by atoms with Crippen molar-refractivity contribution >= 4 is 45.0 Å². The van der Waals surface area contributed by atoms with Gasteiger partial charge in [0, 0.05) is 73.9 Å². The van der Waals surface area contributed by atoms with Gasteiger partial charge < -0.3 is 24.6 Å². The maximum absolute atomic E-state index is 13.9. The Balaban J connectivity index is 1.23. The van der Waals surface area contributed by atoms with Gasteiger partial charge in [-0.05, 0) is 82.7 Å². The second-order valence-corrected chi connectivity index (χ2v) is 15.5. The number of anilines is 1. The highest BCUT2D eigenvalue weighted by Gasteiger charge is 2.41. The summed E-state index contributed by atoms with van der Waals surface area (Å²) in [6, 6.07) is 8.89. The Hall–Kier alpha value is -3.39. The average Bonchev–Trinajstić information content (AvgIpc) is 3.33. The van der Waals surface area contributed by atoms with Crippen LogP contribution in [0.3, 0.4) is 0 Å². The molecule has 2 N–H and O–H groups in total. The van der Waals surface area contributed by atoms with E-state index < -0.39 is 15.9 Å². The molecule has 2 bridgehead atoms. The van der Waals surface area contributed by atoms with Crippen molar-refractivity contribution in [1.82, 2.24) is 19.8 Å². The summed E-state index contributed by atoms with van der Waals surface area (Å²) in [7, 11) is 0.289. The van der Waals surface area contributed by atoms with Crippen LogP contribution in [0.15, 0.2) is 35.2 Å². The highest BCUT2D eigenvalue weighted by atomic mass is 35.5. The van der Waals surface area contributed by atoms with Crippen LogP contribution in [0.5, 0.6) is 11.5 Å². The molecule has 0 aliphatic carbocycles. The summed E-state index contributed by atoms with van der Waals surface area (Å²) in [4.78, 5) is 45.4. The van der Waals surface area contributed by atoms with Crippen LogP contribution in [0.2, 0.25) is 5.02 Å². The van der Waals surface area contributed by atoms with Crippen LogP contribution in [0.4, 0.5) is 5.69 Å². The van der Waals surface area contributed by atoms with Crippen molar-refractivity contribution < 1.29 is 32.3 Å². The number of amides is 3. The van der Waals surface area contributed by atoms with Crippen LogP contribution >= 0.6 is 11.6 Å². The lowest BCUT2D eigenvalue weighted by Crippen LogP contribution is -2.51. The molecule has 0 saturated carbocycles. The Kier molecular flexibility index (Phi) is 11.8. The van der Waals surface area contributed by atoms with Crippen molar-refractivity contribution in [2.75, 3.05) is 52.3 Å². The SMILES string of the molecule is CNS(=O)(=O)c1cc(OC)c(OC)c(C(=O)NC2CC3CCC(C2)N3CCCN(C(=O)C2CCN(C(C)=O)CC2)c2ccc(C)c(Cl)c2)c1. The molecule has 2 atom stereocenters. The molecule has 14 heteroatoms. The van der Waals surface area contributed by atoms with Crippen molar-refractivity contribution in [2.45, 2.75) is 81.8 Å². The average molecular weight is 718 g/mol. The number of aryl methyl sites for hydroxylation is 1. The molecule has 3 aliphatic rings. The first-order chi connectivity index (χ1) is 23.4. The van der Waals surface area contributed by atoms with E-state index in [0.717, 1.165) is 49.9 Å². The predicted molar refractivity (Wildman–Crippen MR) is 188 cm³/mol. The molecule has 0 radical (unpaired) electrons. The minimum Gasteiger partial charge on any atom is -0.493 e. The number of likely N-dealkylation sites (tertiary alicyclic amines) is 1. The number of fused-ring (bicyclic) bond motifs is 2. The van der Waals surface area contributed by atoms with Crippen molar-refractivity contribution in [3.63, 3.8) is 0 Å². The van der Waals surface area contributed by atoms with Crippen molar-refractivity contribution in [1.29, 1.82) is 0 Å². The molecule has 0 aromatic heterocycles. The fourth-order valence-corrected chi connectivity index (χ4v) is 8.54. The number of carbonyl (C=O) groups excluding carboxylic acids is 3. The van der Waals surface area contributed by atoms with Gasteiger partial charge in [0.2, 0.25) is 21.8 Å². The molecule has 3 aliphatic heterocycles. The lowest BCUT2D eigenvalue weighted by molar-refractivity contribution is -0.133. The Morgan fingerprint density at radius 2 is 1.67 bits per heavy atom. The summed E-state index contributed by atoms with van der Waals surface area (Å²) in [5.74, 6) is -0.119. The first kappa shape index (κ1) is 36.9. The summed E-state index contributed by atoms with van der Waals surface area (Å²) >= 11 is 6.50. The van der Waals surface area contributed by atoms with Gasteiger partial charge >= 0.3 is 0 Å². The topological polar surface area (TPSA) is 138 Å². The van der Waals surface area contributed by atoms with E-state index in [0.29, 0.717) is 37.5 Å². The third kappa shape index (κ3) is 8.16. The number of benzene rings is 2. The van der Waals surface area contributed by atoms with E-state index in [1.54, 1.807) is 11.8 Å². The molecule has 49 heavy (non-hydrogen) atoms. The monoisotopic (exact) mass is 717 g/mol. The van der Waals surface area contributed by atoms with Crippen LogP contribution in [0.1, 0.15) is 67.8 Å². The molecule has 3 heterocycles. The number of ether oxygens (including phenoxy) is 2. The highest BCUT2D eigenvalue weighted by Crippen LogP contribution is 2.38. The van der Waals surface area contributed by atoms with Gasteiger partial charge in [-0.2, -0.15) is 0 Å². The number of nitrogens with one attached hydrogen (secondary N) is 2. The van der Waals surface area contributed by atoms with Crippen molar-refractivity contribution in [2.24, 2.45) is 5.92 Å². The Morgan fingerprint density at radius 3 is 2.24 bits per heavy atom. The zero-order valence-corrected chi connectivity index (χ0v) is 30.5. The normalized spacial score (nSPS) is 21.3. The van der Waals surface area contributed by atoms with Crippen molar-refractivity contribution in [3.05, 3.63) is 46.5 Å². The van der Waals surface area contributed by atoms with E-state index in [1.807, 2.05) is 30.0 Å². The lowest BCUT2D eigenvalue weighted by Gasteiger charge is -2.40. The van der Waals surface area contributed by atoms with Gasteiger partial charge in [-0.1, -0.05) is 17.7 Å². The second kappa shape index (κ2) is 15.7. The van der Waals surface area contributed by atoms with E-state index in [2.05, 4.69) is 14.9 Å². The number of sulfonamides is 1. The first-order valence-corrected chi connectivity index (χ1v) is 18.8. The highest BCUT2D eigenvalue weighted by molar-refractivity contribution is 7.89. The maximum atomic E-state index is 13.9. The van der Waals surface area contributed by atoms with E-state index in [1.165, 1.54) is 33.4 Å². The number of rotatable bonds is 12. The molecule has 2 aromatic carbocycles. The quantitative estimate of drug-likeness (QED) is 0.337. The Bertz CT molecular complexity index is 1650. The maximum Gasteiger partial charge on any atom is 0.255 e. The smallest absolute Gasteiger partial charge is 0.255 e. The van der Waals surface area contributed by atoms with Crippen LogP contribution in [0.25, 0.3) is 0 Å². The Morgan fingerprint density at radius 1 is 1.00 bits per heavy atom. The number of hydrogen-bond acceptors (Lipinski definition) is 8. The minimum absolute atomic E-state index is 0.0418. The van der Waals surface area contributed by atoms with E-state index >= 15 is 0 Å². The number of carbonyl (C=O) groups is 3. The molecule has 268 valence electrons. The number of halogens is 1. The first-order valence-electron chi connectivity index (χ1n) is 17.0. The molecule has 3 saturated heterocycles. The second-order valence-electron chi connectivity index (χ2n) is 13.2. The lowest BCUT2D eigenvalue weighted by atomic mass is 9.94. The summed E-state index contributed by atoms with van der Waals surface area (Å²) in [6.07, 6.45) is 5.64. The standard InChI is InChI=1S/C35H48ClN5O7S/c1-22-7-8-28(19-31(22)36)41(35(44)24-11-15-39(16-12-24)23(2)42)14-6-13-40-26-9-10-27(40)18-25(17-26)38-34(43)30-20-29(49(45,46)37-3)21-32(47-4)33(30)48-5/h7-8,19-21,24-27,37H,6,9-18H2,1-5H3,(H,38,43). The molecule has 0 spiro atoms. The van der Waals surface area contributed by atoms with Gasteiger partial charge in [0.15, 0.2) is 11.5 Å². The molecule has 12 nitrogen and oxygen atoms in total. The molecule has 2 aromatic rings. The number of methoxy groups -OCH3 is 2. The van der Waals surface area contributed by atoms with Crippen LogP contribution in [-0.4, -0.2) is 102 Å². The van der Waals surface area contributed by atoms with Gasteiger partial charge in [0.05, 0.1) is 24.7 Å². The van der Waals surface area contributed by atoms with Gasteiger partial charge in [-0.3, -0.25) is 19.3 Å². The molecule has 3 fully saturated rings. The zero-order chi connectivity index (χ0) is 35.5. The fourth-order valence-electron chi connectivity index (χ4n) is 7.59. The third-order valence-corrected chi connectivity index (χ3v) is 12.1. The molecule has 3 amide bonds. The summed E-state index contributed by atoms with van der Waals surface area (Å²) in [6.45, 7) is 6.05. The zero-order valence-electron chi connectivity index (χ0n) is 29.0. The summed E-state index contributed by atoms with van der Waals surface area (Å²) in [5, 5.41) is 3.76. The molecular formula is C35H48ClN5O7S. The molecular weight excluding hydrogens is 670 g/mol. The number of piperidine rings is 2. The van der Waals surface area contributed by atoms with Gasteiger partial charge in [-0.25, -0.2) is 13.1 Å². The van der Waals surface area contributed by atoms with Gasteiger partial charge in [0.1, 0.15) is 0 Å². The van der Waals surface area contributed by atoms with E-state index in [4.69, 9.17) is 21.1 Å². The van der Waals surface area contributed by atoms with Gasteiger partial charge in [0.25, 0.3) is 5.91 Å². The van der Waals surface area contributed by atoms with Crippen LogP contribution in [-0.2, 0) is 19.6 Å². The fraction of sp³-hybridized carbons (Fsp3) is 0.571. The minimum atomic E-state index is -3.83. The van der Waals surface area contributed by atoms with E-state index in [-0.39, 0.29) is 57.8 Å². The third-order valence-electron chi connectivity index (χ3n) is 10.3.